The van der Waals surface area contributed by atoms with E-state index in [1.807, 2.05) is 12.1 Å². The number of benzene rings is 1. The van der Waals surface area contributed by atoms with Gasteiger partial charge in [0.05, 0.1) is 16.7 Å². The molecule has 4 saturated carbocycles. The van der Waals surface area contributed by atoms with Crippen LogP contribution in [0.5, 0.6) is 0 Å². The zero-order chi connectivity index (χ0) is 22.0. The molecule has 4 aliphatic rings. The van der Waals surface area contributed by atoms with Crippen molar-refractivity contribution in [3.05, 3.63) is 36.5 Å². The van der Waals surface area contributed by atoms with Crippen molar-refractivity contribution in [1.29, 1.82) is 0 Å². The molecule has 166 valence electrons. The van der Waals surface area contributed by atoms with Crippen LogP contribution in [0.15, 0.2) is 41.4 Å². The number of hydrogen-bond acceptors (Lipinski definition) is 5. The summed E-state index contributed by atoms with van der Waals surface area (Å²) in [7, 11) is -3.93. The number of carbonyl (C=O) groups excluding carboxylic acids is 1. The van der Waals surface area contributed by atoms with Crippen molar-refractivity contribution in [3.8, 4) is 0 Å². The molecule has 31 heavy (non-hydrogen) atoms. The van der Waals surface area contributed by atoms with Gasteiger partial charge in [0.1, 0.15) is 4.90 Å². The summed E-state index contributed by atoms with van der Waals surface area (Å²) in [6, 6.07) is 8.61. The first-order chi connectivity index (χ1) is 14.6. The summed E-state index contributed by atoms with van der Waals surface area (Å²) in [4.78, 5) is 17.6. The van der Waals surface area contributed by atoms with Gasteiger partial charge in [-0.25, -0.2) is 8.42 Å². The van der Waals surface area contributed by atoms with Gasteiger partial charge >= 0.3 is 0 Å². The van der Waals surface area contributed by atoms with E-state index in [4.69, 9.17) is 0 Å². The first-order valence-electron chi connectivity index (χ1n) is 11.2. The van der Waals surface area contributed by atoms with E-state index in [1.165, 1.54) is 6.07 Å². The van der Waals surface area contributed by atoms with Gasteiger partial charge in [-0.15, -0.1) is 0 Å². The van der Waals surface area contributed by atoms with E-state index in [9.17, 15) is 18.3 Å². The van der Waals surface area contributed by atoms with Gasteiger partial charge in [-0.3, -0.25) is 9.78 Å². The predicted molar refractivity (Wildman–Crippen MR) is 118 cm³/mol. The summed E-state index contributed by atoms with van der Waals surface area (Å²) in [5, 5.41) is 11.5. The number of hydrogen-bond donors (Lipinski definition) is 2. The molecule has 1 aromatic heterocycles. The van der Waals surface area contributed by atoms with Crippen molar-refractivity contribution in [2.45, 2.75) is 68.4 Å². The average Bonchev–Trinajstić information content (AvgIpc) is 2.68. The van der Waals surface area contributed by atoms with Crippen molar-refractivity contribution in [2.24, 2.45) is 23.7 Å². The van der Waals surface area contributed by atoms with Gasteiger partial charge in [0.25, 0.3) is 0 Å². The van der Waals surface area contributed by atoms with E-state index in [-0.39, 0.29) is 16.6 Å². The normalized spacial score (nSPS) is 32.5. The monoisotopic (exact) mass is 442 g/mol. The molecule has 1 aromatic carbocycles. The summed E-state index contributed by atoms with van der Waals surface area (Å²) in [5.74, 6) is 1.48. The zero-order valence-corrected chi connectivity index (χ0v) is 18.9. The highest BCUT2D eigenvalue weighted by Gasteiger charge is 2.55. The molecule has 6 rings (SSSR count). The van der Waals surface area contributed by atoms with Gasteiger partial charge in [-0.1, -0.05) is 18.2 Å². The predicted octanol–water partition coefficient (Wildman–Crippen LogP) is 3.44. The number of nitrogens with zero attached hydrogens (tertiary/aromatic N) is 1. The first-order valence-corrected chi connectivity index (χ1v) is 12.7. The molecule has 2 aromatic rings. The van der Waals surface area contributed by atoms with Gasteiger partial charge < -0.3 is 5.11 Å². The van der Waals surface area contributed by atoms with Gasteiger partial charge in [-0.05, 0) is 81.8 Å². The van der Waals surface area contributed by atoms with Crippen molar-refractivity contribution in [2.75, 3.05) is 0 Å². The van der Waals surface area contributed by atoms with Gasteiger partial charge in [-0.2, -0.15) is 4.72 Å². The lowest BCUT2D eigenvalue weighted by Crippen LogP contribution is -2.56. The molecule has 4 bridgehead atoms. The number of aliphatic hydroxyl groups is 1. The Morgan fingerprint density at radius 1 is 1.16 bits per heavy atom. The Labute approximate surface area is 183 Å². The summed E-state index contributed by atoms with van der Waals surface area (Å²) < 4.78 is 29.1. The van der Waals surface area contributed by atoms with Crippen LogP contribution in [0, 0.1) is 23.7 Å². The summed E-state index contributed by atoms with van der Waals surface area (Å²) in [6.45, 7) is 3.30. The lowest BCUT2D eigenvalue weighted by molar-refractivity contribution is -0.158. The van der Waals surface area contributed by atoms with E-state index in [2.05, 4.69) is 9.71 Å². The molecule has 0 saturated heterocycles. The van der Waals surface area contributed by atoms with E-state index in [1.54, 1.807) is 32.2 Å². The number of sulfonamides is 1. The topological polar surface area (TPSA) is 96.4 Å². The van der Waals surface area contributed by atoms with Crippen LogP contribution < -0.4 is 4.72 Å². The number of pyridine rings is 1. The maximum Gasteiger partial charge on any atom is 0.243 e. The number of fused-ring (bicyclic) bond motifs is 1. The second kappa shape index (κ2) is 7.09. The Morgan fingerprint density at radius 2 is 1.84 bits per heavy atom. The number of aromatic nitrogens is 1. The molecule has 0 aliphatic heterocycles. The molecule has 4 aliphatic carbocycles. The highest BCUT2D eigenvalue weighted by atomic mass is 32.2. The fourth-order valence-corrected chi connectivity index (χ4v) is 8.21. The molecule has 7 heteroatoms. The third kappa shape index (κ3) is 3.70. The molecule has 2 atom stereocenters. The molecular weight excluding hydrogens is 412 g/mol. The van der Waals surface area contributed by atoms with Crippen LogP contribution in [0.25, 0.3) is 10.9 Å². The highest BCUT2D eigenvalue weighted by molar-refractivity contribution is 7.89. The lowest BCUT2D eigenvalue weighted by Gasteiger charge is -2.58. The van der Waals surface area contributed by atoms with Crippen molar-refractivity contribution in [1.82, 2.24) is 9.71 Å². The van der Waals surface area contributed by atoms with E-state index >= 15 is 0 Å². The van der Waals surface area contributed by atoms with Crippen molar-refractivity contribution in [3.63, 3.8) is 0 Å². The largest absolute Gasteiger partial charge is 0.390 e. The van der Waals surface area contributed by atoms with Gasteiger partial charge in [0.15, 0.2) is 5.78 Å². The Balaban J connectivity index is 1.35. The molecule has 0 radical (unpaired) electrons. The smallest absolute Gasteiger partial charge is 0.243 e. The van der Waals surface area contributed by atoms with Crippen LogP contribution in [0.2, 0.25) is 0 Å². The fourth-order valence-electron chi connectivity index (χ4n) is 6.63. The van der Waals surface area contributed by atoms with Crippen LogP contribution in [0.4, 0.5) is 0 Å². The van der Waals surface area contributed by atoms with Crippen LogP contribution in [-0.2, 0) is 14.8 Å². The lowest BCUT2D eigenvalue weighted by atomic mass is 9.49. The number of para-hydroxylation sites is 1. The minimum Gasteiger partial charge on any atom is -0.390 e. The molecule has 1 heterocycles. The average molecular weight is 443 g/mol. The third-order valence-corrected chi connectivity index (χ3v) is 9.52. The maximum atomic E-state index is 13.3. The van der Waals surface area contributed by atoms with Gasteiger partial charge in [0.2, 0.25) is 10.0 Å². The summed E-state index contributed by atoms with van der Waals surface area (Å²) in [6.07, 6.45) is 6.58. The van der Waals surface area contributed by atoms with Gasteiger partial charge in [0, 0.05) is 18.0 Å². The second-order valence-electron chi connectivity index (χ2n) is 10.5. The third-order valence-electron chi connectivity index (χ3n) is 7.83. The first kappa shape index (κ1) is 21.0. The number of Topliss-reactive ketones (excluding diaryl/α,β-unsaturated/α-hetero) is 1. The second-order valence-corrected chi connectivity index (χ2v) is 12.2. The number of nitrogens with one attached hydrogen (secondary N) is 1. The molecular formula is C24H30N2O4S. The summed E-state index contributed by atoms with van der Waals surface area (Å²) >= 11 is 0. The quantitative estimate of drug-likeness (QED) is 0.714. The SMILES string of the molecule is CC(C)(NS(=O)(=O)c1cccc2cccnc12)C(=O)CC1C2CC3CC1CC(O)(C3)C2. The molecule has 2 unspecified atom stereocenters. The minimum absolute atomic E-state index is 0.0864. The Morgan fingerprint density at radius 3 is 2.52 bits per heavy atom. The summed E-state index contributed by atoms with van der Waals surface area (Å²) in [5.41, 5.74) is -1.36. The zero-order valence-electron chi connectivity index (χ0n) is 18.0. The molecule has 0 amide bonds. The fraction of sp³-hybridized carbons (Fsp3) is 0.583. The number of carbonyl (C=O) groups is 1. The van der Waals surface area contributed by atoms with Crippen LogP contribution in [-0.4, -0.2) is 35.4 Å². The molecule has 4 fully saturated rings. The Hall–Kier alpha value is -1.83. The van der Waals surface area contributed by atoms with E-state index in [0.29, 0.717) is 29.7 Å². The molecule has 2 N–H and O–H groups in total. The minimum atomic E-state index is -3.93. The highest BCUT2D eigenvalue weighted by Crippen LogP contribution is 2.59. The standard InChI is InChI=1S/C24H30N2O4S/c1-23(2,26-31(29,30)20-7-3-5-16-6-4-8-25-22(16)20)21(27)11-19-17-9-15-10-18(19)14-24(28,12-15)13-17/h3-8,15,17-19,26,28H,9-14H2,1-2H3. The molecule has 0 spiro atoms. The van der Waals surface area contributed by atoms with Crippen molar-refractivity contribution < 1.29 is 18.3 Å². The van der Waals surface area contributed by atoms with Crippen molar-refractivity contribution >= 4 is 26.7 Å². The number of ketones is 1. The number of rotatable bonds is 6. The van der Waals surface area contributed by atoms with Crippen LogP contribution in [0.1, 0.15) is 52.4 Å². The maximum absolute atomic E-state index is 13.3. The van der Waals surface area contributed by atoms with Crippen LogP contribution >= 0.6 is 0 Å². The Kier molecular flexibility index (Phi) is 4.81. The molecule has 6 nitrogen and oxygen atoms in total. The van der Waals surface area contributed by atoms with E-state index in [0.717, 1.165) is 37.5 Å². The Bertz CT molecular complexity index is 1120. The van der Waals surface area contributed by atoms with Crippen LogP contribution in [0.3, 0.4) is 0 Å². The van der Waals surface area contributed by atoms with E-state index < -0.39 is 21.2 Å².